The number of benzene rings is 2. The Hall–Kier alpha value is -2.97. The van der Waals surface area contributed by atoms with Crippen LogP contribution >= 0.6 is 11.3 Å². The fourth-order valence-corrected chi connectivity index (χ4v) is 4.06. The van der Waals surface area contributed by atoms with Crippen molar-refractivity contribution in [2.24, 2.45) is 0 Å². The van der Waals surface area contributed by atoms with E-state index in [2.05, 4.69) is 65.3 Å². The number of para-hydroxylation sites is 1. The Morgan fingerprint density at radius 1 is 0.966 bits per heavy atom. The monoisotopic (exact) mass is 413 g/mol. The van der Waals surface area contributed by atoms with Gasteiger partial charge in [-0.15, -0.1) is 0 Å². The molecule has 1 fully saturated rings. The van der Waals surface area contributed by atoms with E-state index in [1.54, 1.807) is 11.3 Å². The fourth-order valence-electron chi connectivity index (χ4n) is 3.04. The van der Waals surface area contributed by atoms with Crippen molar-refractivity contribution in [3.8, 4) is 0 Å². The Kier molecular flexibility index (Phi) is 6.79. The van der Waals surface area contributed by atoms with Crippen molar-refractivity contribution < 1.29 is 19.8 Å². The van der Waals surface area contributed by atoms with Gasteiger partial charge in [-0.2, -0.15) is 0 Å². The highest BCUT2D eigenvalue weighted by atomic mass is 32.1. The summed E-state index contributed by atoms with van der Waals surface area (Å²) in [6, 6.07) is 17.3. The molecule has 1 aromatic heterocycles. The molecule has 1 saturated heterocycles. The van der Waals surface area contributed by atoms with Crippen molar-refractivity contribution >= 4 is 38.6 Å². The Labute approximate surface area is 172 Å². The molecule has 0 unspecified atom stereocenters. The van der Waals surface area contributed by atoms with Gasteiger partial charge in [0.2, 0.25) is 0 Å². The average Bonchev–Trinajstić information content (AvgIpc) is 3.15. The number of hydrogen-bond donors (Lipinski definition) is 2. The van der Waals surface area contributed by atoms with Gasteiger partial charge in [0.1, 0.15) is 0 Å². The molecular formula is C21H23N3O4S. The third-order valence-electron chi connectivity index (χ3n) is 4.64. The maximum Gasteiger partial charge on any atom is 0.414 e. The zero-order valence-corrected chi connectivity index (χ0v) is 16.9. The van der Waals surface area contributed by atoms with E-state index in [1.807, 2.05) is 0 Å². The Balaban J connectivity index is 0.000000353. The van der Waals surface area contributed by atoms with E-state index in [0.717, 1.165) is 38.2 Å². The van der Waals surface area contributed by atoms with Crippen LogP contribution in [0.3, 0.4) is 0 Å². The van der Waals surface area contributed by atoms with E-state index in [1.165, 1.54) is 21.0 Å². The molecule has 0 amide bonds. The number of piperazine rings is 1. The number of carbonyl (C=O) groups is 2. The highest BCUT2D eigenvalue weighted by molar-refractivity contribution is 7.22. The molecule has 29 heavy (non-hydrogen) atoms. The number of carboxylic acid groups (broad SMARTS) is 2. The number of thiazole rings is 1. The summed E-state index contributed by atoms with van der Waals surface area (Å²) in [6.07, 6.45) is 0. The summed E-state index contributed by atoms with van der Waals surface area (Å²) in [5.74, 6) is -3.65. The van der Waals surface area contributed by atoms with Gasteiger partial charge in [0.15, 0.2) is 5.13 Å². The van der Waals surface area contributed by atoms with Crippen molar-refractivity contribution in [2.45, 2.75) is 13.5 Å². The van der Waals surface area contributed by atoms with Crippen molar-refractivity contribution in [2.75, 3.05) is 31.1 Å². The van der Waals surface area contributed by atoms with Gasteiger partial charge >= 0.3 is 11.9 Å². The summed E-state index contributed by atoms with van der Waals surface area (Å²) in [7, 11) is 0. The molecule has 0 bridgehead atoms. The van der Waals surface area contributed by atoms with E-state index < -0.39 is 11.9 Å². The molecule has 0 radical (unpaired) electrons. The smallest absolute Gasteiger partial charge is 0.414 e. The van der Waals surface area contributed by atoms with E-state index in [4.69, 9.17) is 24.8 Å². The zero-order chi connectivity index (χ0) is 20.8. The van der Waals surface area contributed by atoms with Crippen LogP contribution in [-0.2, 0) is 16.1 Å². The molecule has 3 aromatic rings. The number of aliphatic carboxylic acids is 2. The molecule has 0 spiro atoms. The van der Waals surface area contributed by atoms with E-state index in [-0.39, 0.29) is 0 Å². The third kappa shape index (κ3) is 5.75. The second kappa shape index (κ2) is 9.49. The highest BCUT2D eigenvalue weighted by Gasteiger charge is 2.19. The van der Waals surface area contributed by atoms with E-state index >= 15 is 0 Å². The summed E-state index contributed by atoms with van der Waals surface area (Å²) in [4.78, 5) is 27.9. The standard InChI is InChI=1S/C19H21N3S.C2H2O4/c1-15-6-8-16(9-7-15)14-21-10-12-22(13-11-21)19-20-17-4-2-3-5-18(17)23-19;3-1(4)2(5)6/h2-9H,10-14H2,1H3;(H,3,4)(H,5,6). The van der Waals surface area contributed by atoms with Gasteiger partial charge in [-0.3, -0.25) is 4.90 Å². The molecule has 2 aromatic carbocycles. The largest absolute Gasteiger partial charge is 0.473 e. The Morgan fingerprint density at radius 3 is 2.17 bits per heavy atom. The molecule has 2 N–H and O–H groups in total. The maximum absolute atomic E-state index is 9.10. The minimum atomic E-state index is -1.82. The molecule has 4 rings (SSSR count). The number of anilines is 1. The summed E-state index contributed by atoms with van der Waals surface area (Å²) >= 11 is 1.81. The first-order chi connectivity index (χ1) is 13.9. The summed E-state index contributed by atoms with van der Waals surface area (Å²) < 4.78 is 1.28. The third-order valence-corrected chi connectivity index (χ3v) is 5.73. The number of aromatic nitrogens is 1. The van der Waals surface area contributed by atoms with Gasteiger partial charge < -0.3 is 15.1 Å². The van der Waals surface area contributed by atoms with Gasteiger partial charge in [-0.05, 0) is 24.6 Å². The number of hydrogen-bond acceptors (Lipinski definition) is 6. The molecule has 7 nitrogen and oxygen atoms in total. The minimum Gasteiger partial charge on any atom is -0.473 e. The summed E-state index contributed by atoms with van der Waals surface area (Å²) in [6.45, 7) is 7.51. The quantitative estimate of drug-likeness (QED) is 0.637. The van der Waals surface area contributed by atoms with E-state index in [0.29, 0.717) is 0 Å². The number of nitrogens with zero attached hydrogens (tertiary/aromatic N) is 3. The lowest BCUT2D eigenvalue weighted by atomic mass is 10.1. The minimum absolute atomic E-state index is 1.05. The van der Waals surface area contributed by atoms with Crippen molar-refractivity contribution in [3.63, 3.8) is 0 Å². The number of aryl methyl sites for hydroxylation is 1. The SMILES string of the molecule is Cc1ccc(CN2CCN(c3nc4ccccc4s3)CC2)cc1.O=C(O)C(=O)O. The van der Waals surface area contributed by atoms with Crippen molar-refractivity contribution in [1.82, 2.24) is 9.88 Å². The summed E-state index contributed by atoms with van der Waals surface area (Å²) in [5.41, 5.74) is 3.85. The van der Waals surface area contributed by atoms with Crippen LogP contribution in [0.15, 0.2) is 48.5 Å². The van der Waals surface area contributed by atoms with Crippen LogP contribution in [0.5, 0.6) is 0 Å². The van der Waals surface area contributed by atoms with Gasteiger partial charge in [-0.1, -0.05) is 53.3 Å². The molecule has 2 heterocycles. The molecule has 1 aliphatic heterocycles. The van der Waals surface area contributed by atoms with Crippen LogP contribution in [0.4, 0.5) is 5.13 Å². The average molecular weight is 413 g/mol. The highest BCUT2D eigenvalue weighted by Crippen LogP contribution is 2.29. The number of fused-ring (bicyclic) bond motifs is 1. The molecule has 0 saturated carbocycles. The molecular weight excluding hydrogens is 390 g/mol. The molecule has 0 aliphatic carbocycles. The van der Waals surface area contributed by atoms with Crippen LogP contribution in [0.25, 0.3) is 10.2 Å². The summed E-state index contributed by atoms with van der Waals surface area (Å²) in [5, 5.41) is 16.0. The lowest BCUT2D eigenvalue weighted by Gasteiger charge is -2.34. The van der Waals surface area contributed by atoms with Gasteiger partial charge in [0, 0.05) is 32.7 Å². The number of carboxylic acids is 2. The fraction of sp³-hybridized carbons (Fsp3) is 0.286. The Morgan fingerprint density at radius 2 is 1.59 bits per heavy atom. The van der Waals surface area contributed by atoms with Crippen LogP contribution in [-0.4, -0.2) is 58.2 Å². The Bertz CT molecular complexity index is 934. The van der Waals surface area contributed by atoms with Gasteiger partial charge in [-0.25, -0.2) is 14.6 Å². The predicted octanol–water partition coefficient (Wildman–Crippen LogP) is 3.08. The molecule has 0 atom stereocenters. The van der Waals surface area contributed by atoms with Crippen molar-refractivity contribution in [3.05, 3.63) is 59.7 Å². The normalized spacial score (nSPS) is 14.3. The van der Waals surface area contributed by atoms with Gasteiger partial charge in [0.25, 0.3) is 0 Å². The van der Waals surface area contributed by atoms with Crippen LogP contribution in [0, 0.1) is 6.92 Å². The number of rotatable bonds is 3. The lowest BCUT2D eigenvalue weighted by Crippen LogP contribution is -2.45. The maximum atomic E-state index is 9.10. The molecule has 8 heteroatoms. The first-order valence-electron chi connectivity index (χ1n) is 9.27. The van der Waals surface area contributed by atoms with Crippen molar-refractivity contribution in [1.29, 1.82) is 0 Å². The van der Waals surface area contributed by atoms with Crippen LogP contribution in [0.2, 0.25) is 0 Å². The first kappa shape index (κ1) is 20.8. The van der Waals surface area contributed by atoms with Crippen LogP contribution < -0.4 is 4.90 Å². The molecule has 152 valence electrons. The predicted molar refractivity (Wildman–Crippen MR) is 114 cm³/mol. The first-order valence-corrected chi connectivity index (χ1v) is 10.1. The second-order valence-electron chi connectivity index (χ2n) is 6.82. The van der Waals surface area contributed by atoms with Gasteiger partial charge in [0.05, 0.1) is 10.2 Å². The lowest BCUT2D eigenvalue weighted by molar-refractivity contribution is -0.159. The second-order valence-corrected chi connectivity index (χ2v) is 7.83. The van der Waals surface area contributed by atoms with E-state index in [9.17, 15) is 0 Å². The zero-order valence-electron chi connectivity index (χ0n) is 16.1. The topological polar surface area (TPSA) is 94.0 Å². The van der Waals surface area contributed by atoms with Crippen LogP contribution in [0.1, 0.15) is 11.1 Å². The molecule has 1 aliphatic rings.